The Hall–Kier alpha value is -1.23. The number of carbonyl (C=O) groups excluding carboxylic acids is 1. The Kier molecular flexibility index (Phi) is 4.04. The standard InChI is InChI=1S/C13H13ClF3NO/c14-10-7-9(13(15,16)17)5-6-11(10)18-12(19)8-3-1-2-4-8/h5-8H,1-4H2,(H,18,19). The average molecular weight is 292 g/mol. The molecule has 0 radical (unpaired) electrons. The Balaban J connectivity index is 2.11. The Morgan fingerprint density at radius 1 is 1.26 bits per heavy atom. The SMILES string of the molecule is O=C(Nc1ccc(C(F)(F)F)cc1Cl)C1CCCC1. The van der Waals surface area contributed by atoms with Crippen molar-refractivity contribution in [2.75, 3.05) is 5.32 Å². The maximum absolute atomic E-state index is 12.5. The molecule has 19 heavy (non-hydrogen) atoms. The van der Waals surface area contributed by atoms with Gasteiger partial charge in [0.05, 0.1) is 16.3 Å². The number of benzene rings is 1. The third-order valence-corrected chi connectivity index (χ3v) is 3.59. The molecule has 0 aromatic heterocycles. The summed E-state index contributed by atoms with van der Waals surface area (Å²) >= 11 is 5.77. The summed E-state index contributed by atoms with van der Waals surface area (Å²) in [7, 11) is 0. The molecule has 2 nitrogen and oxygen atoms in total. The van der Waals surface area contributed by atoms with Crippen LogP contribution in [0.3, 0.4) is 0 Å². The maximum Gasteiger partial charge on any atom is 0.416 e. The third kappa shape index (κ3) is 3.41. The van der Waals surface area contributed by atoms with E-state index in [1.54, 1.807) is 0 Å². The van der Waals surface area contributed by atoms with Gasteiger partial charge in [-0.2, -0.15) is 13.2 Å². The van der Waals surface area contributed by atoms with Gasteiger partial charge in [-0.3, -0.25) is 4.79 Å². The smallest absolute Gasteiger partial charge is 0.325 e. The molecule has 0 aliphatic heterocycles. The zero-order valence-corrected chi connectivity index (χ0v) is 10.8. The lowest BCUT2D eigenvalue weighted by molar-refractivity contribution is -0.137. The lowest BCUT2D eigenvalue weighted by Gasteiger charge is -2.13. The van der Waals surface area contributed by atoms with Crippen LogP contribution in [0.15, 0.2) is 18.2 Å². The van der Waals surface area contributed by atoms with Gasteiger partial charge in [-0.1, -0.05) is 24.4 Å². The fraction of sp³-hybridized carbons (Fsp3) is 0.462. The number of anilines is 1. The van der Waals surface area contributed by atoms with Crippen molar-refractivity contribution in [3.63, 3.8) is 0 Å². The van der Waals surface area contributed by atoms with Gasteiger partial charge in [0, 0.05) is 5.92 Å². The number of hydrogen-bond acceptors (Lipinski definition) is 1. The van der Waals surface area contributed by atoms with E-state index in [0.29, 0.717) is 0 Å². The first-order chi connectivity index (χ1) is 8.88. The van der Waals surface area contributed by atoms with Crippen molar-refractivity contribution in [2.24, 2.45) is 5.92 Å². The highest BCUT2D eigenvalue weighted by Gasteiger charge is 2.31. The summed E-state index contributed by atoms with van der Waals surface area (Å²) in [6.07, 6.45) is -0.760. The Morgan fingerprint density at radius 3 is 2.42 bits per heavy atom. The van der Waals surface area contributed by atoms with Crippen molar-refractivity contribution in [1.82, 2.24) is 0 Å². The number of amides is 1. The van der Waals surface area contributed by atoms with Crippen LogP contribution in [0.2, 0.25) is 5.02 Å². The highest BCUT2D eigenvalue weighted by molar-refractivity contribution is 6.33. The quantitative estimate of drug-likeness (QED) is 0.855. The second-order valence-corrected chi connectivity index (χ2v) is 5.07. The molecule has 0 atom stereocenters. The molecule has 1 aliphatic carbocycles. The van der Waals surface area contributed by atoms with Crippen LogP contribution in [-0.2, 0) is 11.0 Å². The van der Waals surface area contributed by atoms with Crippen LogP contribution in [0.4, 0.5) is 18.9 Å². The molecular weight excluding hydrogens is 279 g/mol. The van der Waals surface area contributed by atoms with Gasteiger partial charge in [-0.25, -0.2) is 0 Å². The van der Waals surface area contributed by atoms with Gasteiger partial charge in [-0.05, 0) is 31.0 Å². The minimum atomic E-state index is -4.43. The van der Waals surface area contributed by atoms with Gasteiger partial charge < -0.3 is 5.32 Å². The predicted octanol–water partition coefficient (Wildman–Crippen LogP) is 4.49. The maximum atomic E-state index is 12.5. The first-order valence-corrected chi connectivity index (χ1v) is 6.43. The second kappa shape index (κ2) is 5.41. The third-order valence-electron chi connectivity index (χ3n) is 3.28. The van der Waals surface area contributed by atoms with Gasteiger partial charge >= 0.3 is 6.18 Å². The highest BCUT2D eigenvalue weighted by atomic mass is 35.5. The molecule has 0 bridgehead atoms. The van der Waals surface area contributed by atoms with E-state index < -0.39 is 11.7 Å². The normalized spacial score (nSPS) is 16.6. The molecule has 1 aromatic carbocycles. The molecule has 2 rings (SSSR count). The molecule has 104 valence electrons. The molecule has 0 unspecified atom stereocenters. The zero-order valence-electron chi connectivity index (χ0n) is 10.1. The van der Waals surface area contributed by atoms with Gasteiger partial charge in [0.2, 0.25) is 5.91 Å². The van der Waals surface area contributed by atoms with Crippen LogP contribution in [-0.4, -0.2) is 5.91 Å². The van der Waals surface area contributed by atoms with Crippen molar-refractivity contribution in [1.29, 1.82) is 0 Å². The summed E-state index contributed by atoms with van der Waals surface area (Å²) in [6, 6.07) is 2.93. The summed E-state index contributed by atoms with van der Waals surface area (Å²) in [5.41, 5.74) is -0.595. The number of rotatable bonds is 2. The summed E-state index contributed by atoms with van der Waals surface area (Å²) in [6.45, 7) is 0. The number of halogens is 4. The number of nitrogens with one attached hydrogen (secondary N) is 1. The zero-order chi connectivity index (χ0) is 14.0. The summed E-state index contributed by atoms with van der Waals surface area (Å²) in [4.78, 5) is 11.9. The lowest BCUT2D eigenvalue weighted by Crippen LogP contribution is -2.20. The van der Waals surface area contributed by atoms with Crippen LogP contribution in [0.5, 0.6) is 0 Å². The lowest BCUT2D eigenvalue weighted by atomic mass is 10.1. The van der Waals surface area contributed by atoms with Crippen molar-refractivity contribution >= 4 is 23.2 Å². The first kappa shape index (κ1) is 14.2. The first-order valence-electron chi connectivity index (χ1n) is 6.05. The van der Waals surface area contributed by atoms with Crippen LogP contribution in [0.25, 0.3) is 0 Å². The van der Waals surface area contributed by atoms with Crippen LogP contribution in [0.1, 0.15) is 31.2 Å². The van der Waals surface area contributed by atoms with E-state index in [9.17, 15) is 18.0 Å². The number of carbonyl (C=O) groups is 1. The van der Waals surface area contributed by atoms with E-state index in [4.69, 9.17) is 11.6 Å². The topological polar surface area (TPSA) is 29.1 Å². The number of hydrogen-bond donors (Lipinski definition) is 1. The van der Waals surface area contributed by atoms with Gasteiger partial charge in [0.1, 0.15) is 0 Å². The monoisotopic (exact) mass is 291 g/mol. The average Bonchev–Trinajstić information content (AvgIpc) is 2.84. The van der Waals surface area contributed by atoms with Crippen LogP contribution >= 0.6 is 11.6 Å². The summed E-state index contributed by atoms with van der Waals surface area (Å²) in [5, 5.41) is 2.50. The molecule has 1 aromatic rings. The van der Waals surface area contributed by atoms with Crippen LogP contribution in [0, 0.1) is 5.92 Å². The van der Waals surface area contributed by atoms with Gasteiger partial charge in [-0.15, -0.1) is 0 Å². The minimum absolute atomic E-state index is 0.0571. The molecule has 0 heterocycles. The molecule has 6 heteroatoms. The molecule has 1 fully saturated rings. The van der Waals surface area contributed by atoms with Gasteiger partial charge in [0.25, 0.3) is 0 Å². The summed E-state index contributed by atoms with van der Waals surface area (Å²) < 4.78 is 37.4. The van der Waals surface area contributed by atoms with E-state index in [0.717, 1.165) is 37.8 Å². The molecule has 1 N–H and O–H groups in total. The molecular formula is C13H13ClF3NO. The molecule has 0 spiro atoms. The van der Waals surface area contributed by atoms with Crippen molar-refractivity contribution in [2.45, 2.75) is 31.9 Å². The predicted molar refractivity (Wildman–Crippen MR) is 67.0 cm³/mol. The Morgan fingerprint density at radius 2 is 1.89 bits per heavy atom. The van der Waals surface area contributed by atoms with Crippen LogP contribution < -0.4 is 5.32 Å². The molecule has 1 saturated carbocycles. The van der Waals surface area contributed by atoms with E-state index in [1.807, 2.05) is 0 Å². The molecule has 1 amide bonds. The Bertz CT molecular complexity index is 481. The fourth-order valence-corrected chi connectivity index (χ4v) is 2.44. The number of alkyl halides is 3. The van der Waals surface area contributed by atoms with E-state index in [-0.39, 0.29) is 22.5 Å². The molecule has 0 saturated heterocycles. The summed E-state index contributed by atoms with van der Waals surface area (Å²) in [5.74, 6) is -0.225. The van der Waals surface area contributed by atoms with Crippen molar-refractivity contribution in [3.05, 3.63) is 28.8 Å². The second-order valence-electron chi connectivity index (χ2n) is 4.66. The molecule has 1 aliphatic rings. The Labute approximate surface area is 113 Å². The van der Waals surface area contributed by atoms with E-state index in [2.05, 4.69) is 5.32 Å². The largest absolute Gasteiger partial charge is 0.416 e. The highest BCUT2D eigenvalue weighted by Crippen LogP contribution is 2.34. The van der Waals surface area contributed by atoms with Gasteiger partial charge in [0.15, 0.2) is 0 Å². The van der Waals surface area contributed by atoms with Crippen molar-refractivity contribution < 1.29 is 18.0 Å². The fourth-order valence-electron chi connectivity index (χ4n) is 2.22. The van der Waals surface area contributed by atoms with E-state index in [1.165, 1.54) is 6.07 Å². The van der Waals surface area contributed by atoms with Crippen molar-refractivity contribution in [3.8, 4) is 0 Å². The minimum Gasteiger partial charge on any atom is -0.325 e. The van der Waals surface area contributed by atoms with E-state index >= 15 is 0 Å².